The van der Waals surface area contributed by atoms with Crippen molar-refractivity contribution in [1.29, 1.82) is 0 Å². The van der Waals surface area contributed by atoms with Crippen LogP contribution < -0.4 is 0 Å². The molecule has 3 fully saturated rings. The summed E-state index contributed by atoms with van der Waals surface area (Å²) >= 11 is 0. The minimum atomic E-state index is -1.73. The van der Waals surface area contributed by atoms with Gasteiger partial charge in [-0.3, -0.25) is 4.79 Å². The van der Waals surface area contributed by atoms with E-state index < -0.39 is 114 Å². The molecule has 15 heteroatoms. The first-order chi connectivity index (χ1) is 25.0. The van der Waals surface area contributed by atoms with Gasteiger partial charge in [-0.15, -0.1) is 0 Å². The van der Waals surface area contributed by atoms with Gasteiger partial charge in [0.2, 0.25) is 0 Å². The number of carbonyl (C=O) groups excluding carboxylic acids is 2. The molecule has 15 nitrogen and oxygen atoms in total. The summed E-state index contributed by atoms with van der Waals surface area (Å²) in [5, 5.41) is 46.6. The number of carbonyl (C=O) groups is 2. The van der Waals surface area contributed by atoms with Gasteiger partial charge in [0.05, 0.1) is 66.9 Å². The van der Waals surface area contributed by atoms with E-state index in [0.29, 0.717) is 12.8 Å². The number of rotatable bonds is 8. The molecule has 3 aliphatic heterocycles. The summed E-state index contributed by atoms with van der Waals surface area (Å²) < 4.78 is 48.5. The van der Waals surface area contributed by atoms with Crippen molar-refractivity contribution in [3.8, 4) is 0 Å². The highest BCUT2D eigenvalue weighted by Crippen LogP contribution is 2.41. The molecule has 19 atom stereocenters. The van der Waals surface area contributed by atoms with Crippen molar-refractivity contribution in [1.82, 2.24) is 4.90 Å². The van der Waals surface area contributed by atoms with E-state index in [-0.39, 0.29) is 25.0 Å². The number of hydrogen-bond donors (Lipinski definition) is 4. The maximum Gasteiger partial charge on any atom is 0.508 e. The zero-order chi connectivity index (χ0) is 41.0. The standard InChI is InChI=1S/C39H71NO14/c1-15-27-21(4)30(42)22(5)29(41)19(2)17-38(9,46)34(54-36-32(53-37(45)47-13)26(40(11)12)16-20(3)49-36)23(6)31(24(7)35(44)51-27)52-28-18-39(10,48-14)33(43)25(8)50-28/h19-34,36,41-43,46H,15-18H2,1-14H3/t19-,20-,21+,22+,23+,24-,25+,26+,27-,28+,29+,30+,31+,32-,33+,34-,36+,38-,39-/m1/s1. The number of likely N-dealkylation sites (N-methyl/N-ethyl adjacent to an activating group) is 1. The SMILES string of the molecule is CC[C@H]1OC(=O)[C@H](C)[C@@H](O[C@H]2C[C@@](C)(OC)[C@@H](O)[C@H](C)O2)[C@H](C)[C@@H](O[C@@H]2O[C@H](C)C[C@H](N(C)C)[C@H]2OC(=O)OC)[C@](C)(O)C[C@@H](C)[C@H](O)[C@H](C)[C@@H](O)[C@H]1C. The molecule has 0 unspecified atom stereocenters. The Morgan fingerprint density at radius 2 is 1.52 bits per heavy atom. The predicted octanol–water partition coefficient (Wildman–Crippen LogP) is 3.25. The molecule has 316 valence electrons. The Morgan fingerprint density at radius 3 is 2.07 bits per heavy atom. The molecule has 0 bridgehead atoms. The zero-order valence-electron chi connectivity index (χ0n) is 35.0. The van der Waals surface area contributed by atoms with Crippen LogP contribution in [0.5, 0.6) is 0 Å². The first-order valence-electron chi connectivity index (χ1n) is 19.6. The summed E-state index contributed by atoms with van der Waals surface area (Å²) in [6.07, 6.45) is -10.0. The number of cyclic esters (lactones) is 1. The number of aliphatic hydroxyl groups excluding tert-OH is 3. The van der Waals surface area contributed by atoms with Crippen LogP contribution in [0.15, 0.2) is 0 Å². The van der Waals surface area contributed by atoms with Gasteiger partial charge in [0.25, 0.3) is 0 Å². The molecule has 0 aromatic rings. The van der Waals surface area contributed by atoms with Crippen molar-refractivity contribution in [2.75, 3.05) is 28.3 Å². The molecule has 4 N–H and O–H groups in total. The van der Waals surface area contributed by atoms with Crippen molar-refractivity contribution in [3.05, 3.63) is 0 Å². The van der Waals surface area contributed by atoms with Gasteiger partial charge in [0.1, 0.15) is 12.2 Å². The molecule has 3 rings (SSSR count). The van der Waals surface area contributed by atoms with E-state index in [9.17, 15) is 30.0 Å². The zero-order valence-corrected chi connectivity index (χ0v) is 35.0. The summed E-state index contributed by atoms with van der Waals surface area (Å²) in [6.45, 7) is 17.6. The number of methoxy groups -OCH3 is 2. The first-order valence-corrected chi connectivity index (χ1v) is 19.6. The third-order valence-corrected chi connectivity index (χ3v) is 12.4. The van der Waals surface area contributed by atoms with Gasteiger partial charge in [-0.25, -0.2) is 4.79 Å². The summed E-state index contributed by atoms with van der Waals surface area (Å²) in [5.74, 6) is -4.09. The van der Waals surface area contributed by atoms with Gasteiger partial charge in [-0.05, 0) is 73.9 Å². The third kappa shape index (κ3) is 10.6. The number of esters is 1. The van der Waals surface area contributed by atoms with E-state index in [0.717, 1.165) is 0 Å². The van der Waals surface area contributed by atoms with E-state index in [1.165, 1.54) is 14.2 Å². The lowest BCUT2D eigenvalue weighted by Crippen LogP contribution is -2.61. The second-order valence-electron chi connectivity index (χ2n) is 17.0. The van der Waals surface area contributed by atoms with Crippen LogP contribution in [-0.4, -0.2) is 151 Å². The normalized spacial score (nSPS) is 47.4. The van der Waals surface area contributed by atoms with Crippen molar-refractivity contribution in [2.45, 2.75) is 180 Å². The molecular formula is C39H71NO14. The molecule has 0 aliphatic carbocycles. The van der Waals surface area contributed by atoms with Crippen molar-refractivity contribution >= 4 is 12.1 Å². The average molecular weight is 778 g/mol. The summed E-state index contributed by atoms with van der Waals surface area (Å²) in [4.78, 5) is 28.7. The highest BCUT2D eigenvalue weighted by Gasteiger charge is 2.53. The van der Waals surface area contributed by atoms with E-state index in [1.54, 1.807) is 55.4 Å². The van der Waals surface area contributed by atoms with E-state index in [4.69, 9.17) is 37.9 Å². The highest BCUT2D eigenvalue weighted by molar-refractivity contribution is 5.73. The molecular weight excluding hydrogens is 706 g/mol. The number of nitrogens with zero attached hydrogens (tertiary/aromatic N) is 1. The number of hydrogen-bond acceptors (Lipinski definition) is 15. The maximum atomic E-state index is 14.2. The fraction of sp³-hybridized carbons (Fsp3) is 0.949. The molecule has 0 spiro atoms. The van der Waals surface area contributed by atoms with Crippen LogP contribution in [-0.2, 0) is 42.7 Å². The molecule has 3 aliphatic rings. The van der Waals surface area contributed by atoms with Crippen LogP contribution >= 0.6 is 0 Å². The monoisotopic (exact) mass is 777 g/mol. The molecule has 3 saturated heterocycles. The van der Waals surface area contributed by atoms with E-state index in [2.05, 4.69) is 0 Å². The summed E-state index contributed by atoms with van der Waals surface area (Å²) in [6, 6.07) is -0.358. The van der Waals surface area contributed by atoms with Gasteiger partial charge in [-0.1, -0.05) is 34.6 Å². The van der Waals surface area contributed by atoms with Gasteiger partial charge in [0.15, 0.2) is 18.7 Å². The Labute approximate surface area is 322 Å². The van der Waals surface area contributed by atoms with Gasteiger partial charge in [0, 0.05) is 31.3 Å². The quantitative estimate of drug-likeness (QED) is 0.263. The molecule has 54 heavy (non-hydrogen) atoms. The molecule has 0 aromatic heterocycles. The minimum Gasteiger partial charge on any atom is -0.462 e. The molecule has 0 aromatic carbocycles. The Kier molecular flexibility index (Phi) is 16.6. The summed E-state index contributed by atoms with van der Waals surface area (Å²) in [5.41, 5.74) is -2.77. The Morgan fingerprint density at radius 1 is 0.889 bits per heavy atom. The van der Waals surface area contributed by atoms with E-state index in [1.807, 2.05) is 32.8 Å². The number of aliphatic hydroxyl groups is 4. The van der Waals surface area contributed by atoms with Gasteiger partial charge in [-0.2, -0.15) is 0 Å². The predicted molar refractivity (Wildman–Crippen MR) is 197 cm³/mol. The van der Waals surface area contributed by atoms with E-state index >= 15 is 0 Å². The highest BCUT2D eigenvalue weighted by atomic mass is 16.8. The molecule has 3 heterocycles. The van der Waals surface area contributed by atoms with Crippen LogP contribution in [0.25, 0.3) is 0 Å². The lowest BCUT2D eigenvalue weighted by atomic mass is 9.74. The fourth-order valence-electron chi connectivity index (χ4n) is 8.81. The smallest absolute Gasteiger partial charge is 0.462 e. The number of ether oxygens (including phenoxy) is 8. The van der Waals surface area contributed by atoms with Crippen molar-refractivity contribution in [3.63, 3.8) is 0 Å². The average Bonchev–Trinajstić information content (AvgIpc) is 3.11. The summed E-state index contributed by atoms with van der Waals surface area (Å²) in [7, 11) is 6.41. The second-order valence-corrected chi connectivity index (χ2v) is 17.0. The molecule has 0 saturated carbocycles. The van der Waals surface area contributed by atoms with Crippen LogP contribution in [0.2, 0.25) is 0 Å². The lowest BCUT2D eigenvalue weighted by molar-refractivity contribution is -0.318. The third-order valence-electron chi connectivity index (χ3n) is 12.4. The molecule has 0 radical (unpaired) electrons. The van der Waals surface area contributed by atoms with Crippen molar-refractivity contribution in [2.24, 2.45) is 29.6 Å². The topological polar surface area (TPSA) is 192 Å². The Bertz CT molecular complexity index is 1210. The lowest BCUT2D eigenvalue weighted by Gasteiger charge is -2.49. The van der Waals surface area contributed by atoms with Crippen molar-refractivity contribution < 1.29 is 67.9 Å². The Balaban J connectivity index is 2.21. The van der Waals surface area contributed by atoms with Crippen LogP contribution in [0.3, 0.4) is 0 Å². The van der Waals surface area contributed by atoms with Crippen LogP contribution in [0, 0.1) is 29.6 Å². The Hall–Kier alpha value is -1.66. The largest absolute Gasteiger partial charge is 0.508 e. The first kappa shape index (κ1) is 46.7. The minimum absolute atomic E-state index is 0.00414. The van der Waals surface area contributed by atoms with Gasteiger partial charge >= 0.3 is 12.1 Å². The fourth-order valence-corrected chi connectivity index (χ4v) is 8.81. The second kappa shape index (κ2) is 19.2. The maximum absolute atomic E-state index is 14.2. The molecule has 0 amide bonds. The van der Waals surface area contributed by atoms with Crippen LogP contribution in [0.4, 0.5) is 4.79 Å². The van der Waals surface area contributed by atoms with Crippen LogP contribution in [0.1, 0.15) is 94.9 Å². The van der Waals surface area contributed by atoms with Gasteiger partial charge < -0.3 is 63.2 Å².